The van der Waals surface area contributed by atoms with Gasteiger partial charge in [0.05, 0.1) is 4.90 Å². The number of aryl methyl sites for hydroxylation is 2. The van der Waals surface area contributed by atoms with Crippen molar-refractivity contribution in [2.24, 2.45) is 0 Å². The molecule has 0 heterocycles. The largest absolute Gasteiger partial charge is 0.353 e. The van der Waals surface area contributed by atoms with E-state index >= 15 is 0 Å². The molecule has 0 bridgehead atoms. The van der Waals surface area contributed by atoms with E-state index in [1.165, 1.54) is 0 Å². The fourth-order valence-corrected chi connectivity index (χ4v) is 6.05. The van der Waals surface area contributed by atoms with Gasteiger partial charge in [-0.15, -0.1) is 0 Å². The molecule has 0 saturated heterocycles. The van der Waals surface area contributed by atoms with Crippen molar-refractivity contribution in [3.05, 3.63) is 65.2 Å². The van der Waals surface area contributed by atoms with Gasteiger partial charge in [0, 0.05) is 18.7 Å². The van der Waals surface area contributed by atoms with Gasteiger partial charge in [0.25, 0.3) is 5.91 Å². The van der Waals surface area contributed by atoms with E-state index in [1.54, 1.807) is 42.5 Å². The summed E-state index contributed by atoms with van der Waals surface area (Å²) in [5.74, 6) is -0.713. The first kappa shape index (κ1) is 22.0. The molecule has 1 aliphatic carbocycles. The van der Waals surface area contributed by atoms with E-state index < -0.39 is 20.5 Å². The van der Waals surface area contributed by atoms with Crippen molar-refractivity contribution < 1.29 is 18.0 Å². The minimum Gasteiger partial charge on any atom is -0.353 e. The van der Waals surface area contributed by atoms with Gasteiger partial charge in [0.15, 0.2) is 14.6 Å². The first-order valence-electron chi connectivity index (χ1n) is 10.2. The first-order chi connectivity index (χ1) is 14.3. The second-order valence-corrected chi connectivity index (χ2v) is 10.1. The number of hydrogen-bond donors (Lipinski definition) is 2. The van der Waals surface area contributed by atoms with Crippen LogP contribution in [0.2, 0.25) is 0 Å². The molecule has 1 aliphatic rings. The Hall–Kier alpha value is -2.67. The molecule has 3 rings (SSSR count). The average Bonchev–Trinajstić information content (AvgIpc) is 3.25. The average molecular weight is 429 g/mol. The van der Waals surface area contributed by atoms with Crippen molar-refractivity contribution in [3.8, 4) is 0 Å². The predicted molar refractivity (Wildman–Crippen MR) is 116 cm³/mol. The third-order valence-corrected chi connectivity index (χ3v) is 8.36. The molecule has 30 heavy (non-hydrogen) atoms. The lowest BCUT2D eigenvalue weighted by atomic mass is 10.1. The van der Waals surface area contributed by atoms with Crippen LogP contribution in [0.4, 0.5) is 0 Å². The first-order valence-corrected chi connectivity index (χ1v) is 11.7. The summed E-state index contributed by atoms with van der Waals surface area (Å²) in [6.45, 7) is 4.18. The monoisotopic (exact) mass is 428 g/mol. The van der Waals surface area contributed by atoms with E-state index in [-0.39, 0.29) is 23.9 Å². The number of nitrogens with one attached hydrogen (secondary N) is 2. The van der Waals surface area contributed by atoms with E-state index in [0.717, 1.165) is 11.1 Å². The predicted octanol–water partition coefficient (Wildman–Crippen LogP) is 2.94. The van der Waals surface area contributed by atoms with E-state index in [2.05, 4.69) is 10.6 Å². The smallest absolute Gasteiger partial charge is 0.251 e. The highest BCUT2D eigenvalue weighted by Gasteiger charge is 2.52. The van der Waals surface area contributed by atoms with Gasteiger partial charge >= 0.3 is 0 Å². The van der Waals surface area contributed by atoms with Crippen molar-refractivity contribution in [3.63, 3.8) is 0 Å². The number of carbonyl (C=O) groups excluding carboxylic acids is 2. The van der Waals surface area contributed by atoms with E-state index in [0.29, 0.717) is 31.2 Å². The summed E-state index contributed by atoms with van der Waals surface area (Å²) < 4.78 is 25.5. The molecule has 0 aromatic heterocycles. The summed E-state index contributed by atoms with van der Waals surface area (Å²) in [6, 6.07) is 13.8. The summed E-state index contributed by atoms with van der Waals surface area (Å²) >= 11 is 0. The van der Waals surface area contributed by atoms with Gasteiger partial charge in [0.1, 0.15) is 0 Å². The number of rotatable bonds is 7. The third kappa shape index (κ3) is 4.26. The zero-order chi connectivity index (χ0) is 21.8. The Labute approximate surface area is 178 Å². The molecule has 0 unspecified atom stereocenters. The minimum absolute atomic E-state index is 0.168. The topological polar surface area (TPSA) is 92.3 Å². The standard InChI is InChI=1S/C23H28N2O4S/c1-17-10-11-20(16-18(17)2)30(28,29)23(12-6-7-13-23)22(27)25-15-14-24-21(26)19-8-4-3-5-9-19/h3-5,8-11,16H,6-7,12-15H2,1-2H3,(H,24,26)(H,25,27). The molecule has 0 aliphatic heterocycles. The van der Waals surface area contributed by atoms with Crippen molar-refractivity contribution in [1.82, 2.24) is 10.6 Å². The molecule has 0 spiro atoms. The second kappa shape index (κ2) is 9.00. The maximum atomic E-state index is 13.5. The van der Waals surface area contributed by atoms with Crippen LogP contribution < -0.4 is 10.6 Å². The quantitative estimate of drug-likeness (QED) is 0.663. The molecule has 2 N–H and O–H groups in total. The fourth-order valence-electron chi connectivity index (χ4n) is 3.88. The van der Waals surface area contributed by atoms with Gasteiger partial charge in [-0.05, 0) is 62.1 Å². The Morgan fingerprint density at radius 3 is 2.17 bits per heavy atom. The van der Waals surface area contributed by atoms with Crippen molar-refractivity contribution in [1.29, 1.82) is 0 Å². The van der Waals surface area contributed by atoms with Crippen LogP contribution >= 0.6 is 0 Å². The molecule has 2 aromatic carbocycles. The Morgan fingerprint density at radius 2 is 1.53 bits per heavy atom. The van der Waals surface area contributed by atoms with Crippen LogP contribution in [0.25, 0.3) is 0 Å². The van der Waals surface area contributed by atoms with Crippen LogP contribution in [0.5, 0.6) is 0 Å². The highest BCUT2D eigenvalue weighted by Crippen LogP contribution is 2.41. The van der Waals surface area contributed by atoms with Crippen LogP contribution in [0.15, 0.2) is 53.4 Å². The van der Waals surface area contributed by atoms with Crippen LogP contribution in [0.3, 0.4) is 0 Å². The third-order valence-electron chi connectivity index (χ3n) is 5.86. The Balaban J connectivity index is 1.68. The van der Waals surface area contributed by atoms with Gasteiger partial charge in [-0.25, -0.2) is 8.42 Å². The van der Waals surface area contributed by atoms with Gasteiger partial charge in [-0.2, -0.15) is 0 Å². The highest BCUT2D eigenvalue weighted by molar-refractivity contribution is 7.93. The SMILES string of the molecule is Cc1ccc(S(=O)(=O)C2(C(=O)NCCNC(=O)c3ccccc3)CCCC2)cc1C. The lowest BCUT2D eigenvalue weighted by molar-refractivity contribution is -0.123. The van der Waals surface area contributed by atoms with Gasteiger partial charge in [0.2, 0.25) is 5.91 Å². The summed E-state index contributed by atoms with van der Waals surface area (Å²) in [5, 5.41) is 5.48. The molecule has 160 valence electrons. The van der Waals surface area contributed by atoms with E-state index in [1.807, 2.05) is 19.9 Å². The number of amides is 2. The normalized spacial score (nSPS) is 15.5. The molecule has 2 amide bonds. The van der Waals surface area contributed by atoms with Crippen LogP contribution in [-0.4, -0.2) is 38.1 Å². The van der Waals surface area contributed by atoms with Crippen molar-refractivity contribution >= 4 is 21.7 Å². The van der Waals surface area contributed by atoms with Gasteiger partial charge in [-0.1, -0.05) is 37.1 Å². The fraction of sp³-hybridized carbons (Fsp3) is 0.391. The number of sulfone groups is 1. The van der Waals surface area contributed by atoms with Crippen LogP contribution in [0, 0.1) is 13.8 Å². The van der Waals surface area contributed by atoms with E-state index in [4.69, 9.17) is 0 Å². The molecule has 1 saturated carbocycles. The molecular weight excluding hydrogens is 400 g/mol. The summed E-state index contributed by atoms with van der Waals surface area (Å²) in [6.07, 6.45) is 2.01. The van der Waals surface area contributed by atoms with Crippen molar-refractivity contribution in [2.75, 3.05) is 13.1 Å². The molecule has 6 nitrogen and oxygen atoms in total. The number of benzene rings is 2. The molecular formula is C23H28N2O4S. The summed E-state index contributed by atoms with van der Waals surface area (Å²) in [5.41, 5.74) is 2.43. The molecule has 0 radical (unpaired) electrons. The maximum absolute atomic E-state index is 13.5. The second-order valence-electron chi connectivity index (χ2n) is 7.83. The van der Waals surface area contributed by atoms with E-state index in [9.17, 15) is 18.0 Å². The lowest BCUT2D eigenvalue weighted by Crippen LogP contribution is -2.51. The zero-order valence-corrected chi connectivity index (χ0v) is 18.2. The molecule has 0 atom stereocenters. The van der Waals surface area contributed by atoms with Gasteiger partial charge < -0.3 is 10.6 Å². The number of carbonyl (C=O) groups is 2. The maximum Gasteiger partial charge on any atom is 0.251 e. The lowest BCUT2D eigenvalue weighted by Gasteiger charge is -2.28. The van der Waals surface area contributed by atoms with Crippen LogP contribution in [0.1, 0.15) is 47.2 Å². The number of hydrogen-bond acceptors (Lipinski definition) is 4. The Bertz CT molecular complexity index is 1030. The molecule has 1 fully saturated rings. The highest BCUT2D eigenvalue weighted by atomic mass is 32.2. The summed E-state index contributed by atoms with van der Waals surface area (Å²) in [7, 11) is -3.83. The van der Waals surface area contributed by atoms with Gasteiger partial charge in [-0.3, -0.25) is 9.59 Å². The molecule has 2 aromatic rings. The summed E-state index contributed by atoms with van der Waals surface area (Å²) in [4.78, 5) is 25.3. The van der Waals surface area contributed by atoms with Crippen molar-refractivity contribution in [2.45, 2.75) is 49.2 Å². The Kier molecular flexibility index (Phi) is 6.61. The Morgan fingerprint density at radius 1 is 0.900 bits per heavy atom. The zero-order valence-electron chi connectivity index (χ0n) is 17.4. The van der Waals surface area contributed by atoms with Crippen LogP contribution in [-0.2, 0) is 14.6 Å². The minimum atomic E-state index is -3.83. The molecule has 7 heteroatoms.